The number of carboxylic acids is 1. The maximum absolute atomic E-state index is 12.9. The van der Waals surface area contributed by atoms with Crippen molar-refractivity contribution in [2.24, 2.45) is 5.92 Å². The molecule has 2 heterocycles. The van der Waals surface area contributed by atoms with Crippen LogP contribution >= 0.6 is 0 Å². The molecule has 2 aliphatic heterocycles. The van der Waals surface area contributed by atoms with Crippen LogP contribution in [0.25, 0.3) is 0 Å². The van der Waals surface area contributed by atoms with Crippen LogP contribution in [0.3, 0.4) is 0 Å². The molecule has 224 valence electrons. The summed E-state index contributed by atoms with van der Waals surface area (Å²) in [7, 11) is 0. The van der Waals surface area contributed by atoms with Crippen molar-refractivity contribution in [3.63, 3.8) is 0 Å². The average Bonchev–Trinajstić information content (AvgIpc) is 2.85. The number of piperidine rings is 1. The van der Waals surface area contributed by atoms with Crippen LogP contribution in [0.5, 0.6) is 5.75 Å². The van der Waals surface area contributed by atoms with Gasteiger partial charge in [-0.1, -0.05) is 20.8 Å². The van der Waals surface area contributed by atoms with Gasteiger partial charge < -0.3 is 15.1 Å². The molecule has 0 spiro atoms. The van der Waals surface area contributed by atoms with Gasteiger partial charge in [0.15, 0.2) is 0 Å². The highest BCUT2D eigenvalue weighted by Crippen LogP contribution is 2.38. The Morgan fingerprint density at radius 1 is 1.10 bits per heavy atom. The Morgan fingerprint density at radius 3 is 2.20 bits per heavy atom. The third kappa shape index (κ3) is 8.57. The van der Waals surface area contributed by atoms with Crippen molar-refractivity contribution in [1.29, 1.82) is 0 Å². The predicted octanol–water partition coefficient (Wildman–Crippen LogP) is 3.85. The van der Waals surface area contributed by atoms with Crippen molar-refractivity contribution in [3.05, 3.63) is 23.3 Å². The van der Waals surface area contributed by atoms with E-state index in [1.165, 1.54) is 0 Å². The summed E-state index contributed by atoms with van der Waals surface area (Å²) in [6.45, 7) is 13.8. The number of phenolic OH excluding ortho intramolecular Hbond substituents is 1. The number of aromatic hydroxyl groups is 1. The van der Waals surface area contributed by atoms with Crippen LogP contribution in [0.2, 0.25) is 0 Å². The molecule has 40 heavy (non-hydrogen) atoms. The Balaban J connectivity index is 0.000000708. The van der Waals surface area contributed by atoms with Gasteiger partial charge in [-0.3, -0.25) is 24.7 Å². The lowest BCUT2D eigenvalue weighted by molar-refractivity contribution is -0.192. The number of hydrogen-bond acceptors (Lipinski definition) is 6. The highest BCUT2D eigenvalue weighted by molar-refractivity contribution is 6.05. The Hall–Kier alpha value is -3.35. The Kier molecular flexibility index (Phi) is 11.0. The number of phenols is 1. The first-order valence-corrected chi connectivity index (χ1v) is 13.3. The fraction of sp³-hybridized carbons (Fsp3) is 0.630. The number of imide groups is 1. The summed E-state index contributed by atoms with van der Waals surface area (Å²) in [6.07, 6.45) is -3.03. The number of hydrogen-bond donors (Lipinski definition) is 3. The Bertz CT molecular complexity index is 1100. The standard InChI is InChI=1S/C25H38N4O4.C2HF3O2/c1-6-28(7-2)23(32)17-9-8-11-27(15-17)16-18-13-19(14-20(22(18)31)25(3,4)5)29-12-10-21(30)26-24(29)33;3-2(4,5)1(6)7/h13-14,17,31H,6-12,15-16H2,1-5H3,(H,26,30,33);(H,6,7). The van der Waals surface area contributed by atoms with Crippen LogP contribution in [0.4, 0.5) is 23.7 Å². The smallest absolute Gasteiger partial charge is 0.490 e. The van der Waals surface area contributed by atoms with E-state index in [-0.39, 0.29) is 35.3 Å². The van der Waals surface area contributed by atoms with Crippen LogP contribution in [0, 0.1) is 5.92 Å². The fourth-order valence-corrected chi connectivity index (χ4v) is 4.77. The summed E-state index contributed by atoms with van der Waals surface area (Å²) in [5.41, 5.74) is 1.83. The number of alkyl halides is 3. The van der Waals surface area contributed by atoms with Gasteiger partial charge in [0.2, 0.25) is 11.8 Å². The number of benzene rings is 1. The number of nitrogens with one attached hydrogen (secondary N) is 1. The largest absolute Gasteiger partial charge is 0.507 e. The molecule has 0 aromatic heterocycles. The van der Waals surface area contributed by atoms with Gasteiger partial charge in [0.1, 0.15) is 5.75 Å². The monoisotopic (exact) mass is 572 g/mol. The van der Waals surface area contributed by atoms with Crippen molar-refractivity contribution >= 4 is 29.5 Å². The van der Waals surface area contributed by atoms with Crippen LogP contribution in [-0.4, -0.2) is 82.7 Å². The Morgan fingerprint density at radius 2 is 1.70 bits per heavy atom. The number of carbonyl (C=O) groups excluding carboxylic acids is 3. The minimum Gasteiger partial charge on any atom is -0.507 e. The highest BCUT2D eigenvalue weighted by Gasteiger charge is 2.38. The predicted molar refractivity (Wildman–Crippen MR) is 142 cm³/mol. The lowest BCUT2D eigenvalue weighted by atomic mass is 9.84. The molecule has 10 nitrogen and oxygen atoms in total. The zero-order valence-corrected chi connectivity index (χ0v) is 23.6. The number of carboxylic acid groups (broad SMARTS) is 1. The molecule has 2 saturated heterocycles. The van der Waals surface area contributed by atoms with Gasteiger partial charge in [0.05, 0.1) is 5.92 Å². The first-order chi connectivity index (χ1) is 18.5. The van der Waals surface area contributed by atoms with Crippen LogP contribution in [-0.2, 0) is 26.3 Å². The number of rotatable bonds is 6. The molecule has 1 aromatic carbocycles. The maximum atomic E-state index is 12.9. The zero-order valence-electron chi connectivity index (χ0n) is 23.6. The highest BCUT2D eigenvalue weighted by atomic mass is 19.4. The first-order valence-electron chi connectivity index (χ1n) is 13.3. The number of amides is 4. The molecule has 0 bridgehead atoms. The van der Waals surface area contributed by atoms with E-state index in [0.29, 0.717) is 38.4 Å². The number of urea groups is 1. The molecule has 3 N–H and O–H groups in total. The second kappa shape index (κ2) is 13.3. The van der Waals surface area contributed by atoms with Gasteiger partial charge in [-0.25, -0.2) is 9.59 Å². The zero-order chi connectivity index (χ0) is 30.4. The maximum Gasteiger partial charge on any atom is 0.490 e. The fourth-order valence-electron chi connectivity index (χ4n) is 4.77. The van der Waals surface area contributed by atoms with Crippen molar-refractivity contribution in [3.8, 4) is 5.75 Å². The molecule has 0 radical (unpaired) electrons. The second-order valence-corrected chi connectivity index (χ2v) is 10.9. The SMILES string of the molecule is CCN(CC)C(=O)C1CCCN(Cc2cc(N3CCC(=O)NC3=O)cc(C(C)(C)C)c2O)C1.O=C(O)C(F)(F)F. The van der Waals surface area contributed by atoms with Gasteiger partial charge >= 0.3 is 18.2 Å². The van der Waals surface area contributed by atoms with Gasteiger partial charge in [0.25, 0.3) is 0 Å². The number of likely N-dealkylation sites (tertiary alicyclic amines) is 1. The summed E-state index contributed by atoms with van der Waals surface area (Å²) in [5.74, 6) is -2.63. The van der Waals surface area contributed by atoms with Crippen molar-refractivity contribution < 1.29 is 42.6 Å². The van der Waals surface area contributed by atoms with Gasteiger partial charge in [0, 0.05) is 56.0 Å². The number of carbonyl (C=O) groups is 4. The summed E-state index contributed by atoms with van der Waals surface area (Å²) >= 11 is 0. The minimum absolute atomic E-state index is 0.0371. The average molecular weight is 573 g/mol. The second-order valence-electron chi connectivity index (χ2n) is 10.9. The number of anilines is 1. The molecule has 1 unspecified atom stereocenters. The van der Waals surface area contributed by atoms with Gasteiger partial charge in [-0.05, 0) is 50.8 Å². The first kappa shape index (κ1) is 32.9. The van der Waals surface area contributed by atoms with E-state index < -0.39 is 18.2 Å². The number of nitrogens with zero attached hydrogens (tertiary/aromatic N) is 3. The van der Waals surface area contributed by atoms with Gasteiger partial charge in [-0.2, -0.15) is 13.2 Å². The lowest BCUT2D eigenvalue weighted by Crippen LogP contribution is -2.49. The summed E-state index contributed by atoms with van der Waals surface area (Å²) < 4.78 is 31.7. The third-order valence-corrected chi connectivity index (χ3v) is 6.91. The summed E-state index contributed by atoms with van der Waals surface area (Å²) in [5, 5.41) is 20.6. The topological polar surface area (TPSA) is 130 Å². The normalized spacial score (nSPS) is 18.5. The van der Waals surface area contributed by atoms with E-state index in [1.807, 2.05) is 51.7 Å². The summed E-state index contributed by atoms with van der Waals surface area (Å²) in [4.78, 5) is 51.5. The van der Waals surface area contributed by atoms with Crippen molar-refractivity contribution in [1.82, 2.24) is 15.1 Å². The molecular formula is C27H39F3N4O6. The number of aliphatic carboxylic acids is 1. The molecular weight excluding hydrogens is 533 g/mol. The van der Waals surface area contributed by atoms with E-state index in [2.05, 4.69) is 10.2 Å². The number of halogens is 3. The van der Waals surface area contributed by atoms with E-state index in [9.17, 15) is 32.7 Å². The molecule has 2 aliphatic rings. The molecule has 3 rings (SSSR count). The van der Waals surface area contributed by atoms with Gasteiger partial charge in [-0.15, -0.1) is 0 Å². The van der Waals surface area contributed by atoms with E-state index in [1.54, 1.807) is 4.90 Å². The van der Waals surface area contributed by atoms with E-state index >= 15 is 0 Å². The molecule has 0 aliphatic carbocycles. The molecule has 13 heteroatoms. The van der Waals surface area contributed by atoms with E-state index in [4.69, 9.17) is 9.90 Å². The molecule has 0 saturated carbocycles. The molecule has 2 fully saturated rings. The lowest BCUT2D eigenvalue weighted by Gasteiger charge is -2.35. The van der Waals surface area contributed by atoms with Crippen molar-refractivity contribution in [2.75, 3.05) is 37.6 Å². The molecule has 1 atom stereocenters. The Labute approximate surface area is 232 Å². The van der Waals surface area contributed by atoms with Crippen LogP contribution in [0.15, 0.2) is 12.1 Å². The minimum atomic E-state index is -5.08. The van der Waals surface area contributed by atoms with Crippen LogP contribution < -0.4 is 10.2 Å². The third-order valence-electron chi connectivity index (χ3n) is 6.91. The molecule has 1 aromatic rings. The van der Waals surface area contributed by atoms with Crippen LogP contribution in [0.1, 0.15) is 65.0 Å². The summed E-state index contributed by atoms with van der Waals surface area (Å²) in [6, 6.07) is 3.25. The van der Waals surface area contributed by atoms with E-state index in [0.717, 1.165) is 30.5 Å². The molecule has 4 amide bonds. The van der Waals surface area contributed by atoms with Crippen molar-refractivity contribution in [2.45, 2.75) is 72.0 Å². The quantitative estimate of drug-likeness (QED) is 0.472.